The number of anilines is 1. The number of nitrogens with one attached hydrogen (secondary N) is 3. The van der Waals surface area contributed by atoms with E-state index in [2.05, 4.69) is 22.3 Å². The highest BCUT2D eigenvalue weighted by atomic mass is 32.2. The fourth-order valence-electron chi connectivity index (χ4n) is 5.90. The van der Waals surface area contributed by atoms with E-state index >= 15 is 0 Å². The Kier molecular flexibility index (Phi) is 10.7. The number of imide groups is 2. The Morgan fingerprint density at radius 1 is 0.956 bits per heavy atom. The van der Waals surface area contributed by atoms with Gasteiger partial charge in [0.15, 0.2) is 0 Å². The van der Waals surface area contributed by atoms with Crippen LogP contribution in [0.3, 0.4) is 0 Å². The van der Waals surface area contributed by atoms with Crippen LogP contribution >= 0.6 is 0 Å². The summed E-state index contributed by atoms with van der Waals surface area (Å²) in [6.45, 7) is 9.66. The van der Waals surface area contributed by atoms with Crippen LogP contribution in [0, 0.1) is 19.8 Å². The van der Waals surface area contributed by atoms with Crippen molar-refractivity contribution in [3.8, 4) is 0 Å². The Morgan fingerprint density at radius 3 is 2.16 bits per heavy atom. The number of sulfonamides is 1. The molecule has 45 heavy (non-hydrogen) atoms. The molecule has 1 aliphatic heterocycles. The molecule has 4 rings (SSSR count). The number of carbonyl (C=O) groups excluding carboxylic acids is 4. The number of hydrogen-bond acceptors (Lipinski definition) is 6. The highest BCUT2D eigenvalue weighted by Gasteiger charge is 2.36. The molecule has 0 spiro atoms. The molecule has 0 unspecified atom stereocenters. The fraction of sp³-hybridized carbons (Fsp3) is 0.455. The predicted octanol–water partition coefficient (Wildman–Crippen LogP) is 5.64. The van der Waals surface area contributed by atoms with Crippen molar-refractivity contribution >= 4 is 39.7 Å². The zero-order valence-electron chi connectivity index (χ0n) is 26.6. The Balaban J connectivity index is 1.44. The van der Waals surface area contributed by atoms with Crippen molar-refractivity contribution in [1.82, 2.24) is 19.8 Å². The maximum absolute atomic E-state index is 13.6. The van der Waals surface area contributed by atoms with E-state index in [9.17, 15) is 27.6 Å². The summed E-state index contributed by atoms with van der Waals surface area (Å²) in [7, 11) is -4.11. The number of benzene rings is 2. The van der Waals surface area contributed by atoms with Crippen LogP contribution in [0.4, 0.5) is 20.1 Å². The molecule has 1 heterocycles. The van der Waals surface area contributed by atoms with Crippen LogP contribution in [0.2, 0.25) is 0 Å². The van der Waals surface area contributed by atoms with Crippen LogP contribution in [-0.4, -0.2) is 61.3 Å². The monoisotopic (exact) mass is 637 g/mol. The molecular weight excluding hydrogens is 594 g/mol. The molecule has 2 aliphatic rings. The van der Waals surface area contributed by atoms with E-state index < -0.39 is 34.0 Å². The van der Waals surface area contributed by atoms with Crippen molar-refractivity contribution in [3.63, 3.8) is 0 Å². The topological polar surface area (TPSA) is 145 Å². The first kappa shape index (κ1) is 33.7. The number of hydrogen-bond donors (Lipinski definition) is 3. The number of carbonyl (C=O) groups is 4. The molecule has 0 saturated heterocycles. The average Bonchev–Trinajstić information content (AvgIpc) is 3.26. The number of nitrogens with zero attached hydrogens (tertiary/aromatic N) is 2. The number of amides is 7. The van der Waals surface area contributed by atoms with Crippen LogP contribution in [0.5, 0.6) is 0 Å². The first-order valence-electron chi connectivity index (χ1n) is 15.4. The summed E-state index contributed by atoms with van der Waals surface area (Å²) in [5, 5.41) is 5.54. The third-order valence-corrected chi connectivity index (χ3v) is 9.73. The number of aryl methyl sites for hydroxylation is 2. The molecular formula is C33H43N5O6S. The van der Waals surface area contributed by atoms with Gasteiger partial charge in [0.25, 0.3) is 15.9 Å². The van der Waals surface area contributed by atoms with Gasteiger partial charge in [-0.1, -0.05) is 32.0 Å². The minimum atomic E-state index is -4.11. The quantitative estimate of drug-likeness (QED) is 0.342. The summed E-state index contributed by atoms with van der Waals surface area (Å²) >= 11 is 0. The second-order valence-corrected chi connectivity index (χ2v) is 13.9. The second kappa shape index (κ2) is 14.3. The highest BCUT2D eigenvalue weighted by molar-refractivity contribution is 7.90. The van der Waals surface area contributed by atoms with E-state index in [1.807, 2.05) is 26.8 Å². The second-order valence-electron chi connectivity index (χ2n) is 12.2. The molecule has 2 aromatic rings. The molecule has 0 aromatic heterocycles. The van der Waals surface area contributed by atoms with Gasteiger partial charge in [-0.05, 0) is 112 Å². The third-order valence-electron chi connectivity index (χ3n) is 8.38. The Hall–Kier alpha value is -4.19. The van der Waals surface area contributed by atoms with Crippen molar-refractivity contribution in [2.24, 2.45) is 5.92 Å². The summed E-state index contributed by atoms with van der Waals surface area (Å²) in [6.07, 6.45) is 4.28. The van der Waals surface area contributed by atoms with Crippen LogP contribution in [0.25, 0.3) is 0 Å². The van der Waals surface area contributed by atoms with Crippen molar-refractivity contribution < 1.29 is 27.6 Å². The summed E-state index contributed by atoms with van der Waals surface area (Å²) in [5.74, 6) is 0.191. The maximum Gasteiger partial charge on any atom is 0.335 e. The lowest BCUT2D eigenvalue weighted by Crippen LogP contribution is -2.49. The summed E-state index contributed by atoms with van der Waals surface area (Å²) in [6, 6.07) is 9.22. The largest absolute Gasteiger partial charge is 0.335 e. The lowest BCUT2D eigenvalue weighted by molar-refractivity contribution is -0.123. The van der Waals surface area contributed by atoms with Gasteiger partial charge >= 0.3 is 18.1 Å². The van der Waals surface area contributed by atoms with Crippen LogP contribution in [0.15, 0.2) is 58.5 Å². The summed E-state index contributed by atoms with van der Waals surface area (Å²) in [4.78, 5) is 54.4. The van der Waals surface area contributed by atoms with Crippen molar-refractivity contribution in [1.29, 1.82) is 0 Å². The normalized spacial score (nSPS) is 18.5. The SMILES string of the molecule is CCC1=C(C)CN(C(=O)N(CCc2ccc(S(=O)(=O)NC(=O)NC3CCC(C)CC3)cc2)C(=O)Nc2cc(C)cc(C)c2)C1=O. The van der Waals surface area contributed by atoms with E-state index in [1.54, 1.807) is 31.2 Å². The molecule has 1 saturated carbocycles. The number of urea groups is 3. The van der Waals surface area contributed by atoms with E-state index in [1.165, 1.54) is 12.1 Å². The summed E-state index contributed by atoms with van der Waals surface area (Å²) < 4.78 is 27.8. The van der Waals surface area contributed by atoms with Gasteiger partial charge in [-0.25, -0.2) is 32.4 Å². The van der Waals surface area contributed by atoms with Gasteiger partial charge in [0, 0.05) is 23.8 Å². The predicted molar refractivity (Wildman–Crippen MR) is 172 cm³/mol. The van der Waals surface area contributed by atoms with Crippen LogP contribution in [0.1, 0.15) is 69.6 Å². The van der Waals surface area contributed by atoms with Gasteiger partial charge in [-0.15, -0.1) is 0 Å². The molecule has 11 nitrogen and oxygen atoms in total. The van der Waals surface area contributed by atoms with Gasteiger partial charge in [0.2, 0.25) is 0 Å². The van der Waals surface area contributed by atoms with E-state index in [0.29, 0.717) is 29.2 Å². The molecule has 1 aliphatic carbocycles. The molecule has 12 heteroatoms. The van der Waals surface area contributed by atoms with Gasteiger partial charge in [-0.3, -0.25) is 9.69 Å². The third kappa shape index (κ3) is 8.50. The lowest BCUT2D eigenvalue weighted by atomic mass is 9.87. The van der Waals surface area contributed by atoms with Gasteiger partial charge < -0.3 is 10.6 Å². The van der Waals surface area contributed by atoms with Crippen molar-refractivity contribution in [2.45, 2.75) is 84.1 Å². The van der Waals surface area contributed by atoms with Gasteiger partial charge in [-0.2, -0.15) is 0 Å². The molecule has 0 atom stereocenters. The molecule has 1 fully saturated rings. The first-order valence-corrected chi connectivity index (χ1v) is 16.9. The van der Waals surface area contributed by atoms with Gasteiger partial charge in [0.05, 0.1) is 11.4 Å². The fourth-order valence-corrected chi connectivity index (χ4v) is 6.82. The summed E-state index contributed by atoms with van der Waals surface area (Å²) in [5.41, 5.74) is 4.41. The van der Waals surface area contributed by atoms with Crippen LogP contribution < -0.4 is 15.4 Å². The Morgan fingerprint density at radius 2 is 1.58 bits per heavy atom. The Bertz CT molecular complexity index is 1570. The van der Waals surface area contributed by atoms with E-state index in [-0.39, 0.29) is 30.4 Å². The molecule has 0 radical (unpaired) electrons. The standard InChI is InChI=1S/C33H43N5O6S/c1-6-29-24(5)20-38(30(29)39)33(42)37(32(41)35-27-18-22(3)17-23(4)19-27)16-15-25-9-13-28(14-10-25)45(43,44)36-31(40)34-26-11-7-21(2)8-12-26/h9-10,13-14,17-19,21,26H,6-8,11-12,15-16,20H2,1-5H3,(H,35,41)(H2,34,36,40). The zero-order chi connectivity index (χ0) is 32.9. The molecule has 7 amide bonds. The number of rotatable bonds is 8. The minimum absolute atomic E-state index is 0.0549. The highest BCUT2D eigenvalue weighted by Crippen LogP contribution is 2.25. The minimum Gasteiger partial charge on any atom is -0.335 e. The molecule has 242 valence electrons. The van der Waals surface area contributed by atoms with E-state index in [4.69, 9.17) is 0 Å². The zero-order valence-corrected chi connectivity index (χ0v) is 27.4. The van der Waals surface area contributed by atoms with Crippen molar-refractivity contribution in [3.05, 3.63) is 70.3 Å². The molecule has 0 bridgehead atoms. The van der Waals surface area contributed by atoms with Crippen LogP contribution in [-0.2, 0) is 21.2 Å². The molecule has 3 N–H and O–H groups in total. The molecule has 2 aromatic carbocycles. The van der Waals surface area contributed by atoms with E-state index in [0.717, 1.165) is 52.2 Å². The first-order chi connectivity index (χ1) is 21.3. The van der Waals surface area contributed by atoms with Gasteiger partial charge in [0.1, 0.15) is 0 Å². The Labute approximate surface area is 265 Å². The van der Waals surface area contributed by atoms with Crippen molar-refractivity contribution in [2.75, 3.05) is 18.4 Å². The average molecular weight is 638 g/mol. The maximum atomic E-state index is 13.6. The lowest BCUT2D eigenvalue weighted by Gasteiger charge is -2.26. The smallest absolute Gasteiger partial charge is 0.335 e.